The zero-order valence-electron chi connectivity index (χ0n) is 12.3. The van der Waals surface area contributed by atoms with Crippen LogP contribution in [0.3, 0.4) is 0 Å². The van der Waals surface area contributed by atoms with E-state index in [0.29, 0.717) is 23.6 Å². The van der Waals surface area contributed by atoms with Crippen molar-refractivity contribution in [3.05, 3.63) is 29.8 Å². The smallest absolute Gasteiger partial charge is 0.215 e. The van der Waals surface area contributed by atoms with Crippen LogP contribution in [-0.4, -0.2) is 25.7 Å². The highest BCUT2D eigenvalue weighted by Crippen LogP contribution is 2.16. The van der Waals surface area contributed by atoms with Gasteiger partial charge >= 0.3 is 0 Å². The monoisotopic (exact) mass is 300 g/mol. The number of hydrogen-bond acceptors (Lipinski definition) is 4. The molecule has 0 radical (unpaired) electrons. The molecular formula is C14H24N2O3S. The van der Waals surface area contributed by atoms with Gasteiger partial charge in [-0.25, -0.2) is 13.1 Å². The van der Waals surface area contributed by atoms with Crippen LogP contribution in [0.15, 0.2) is 24.3 Å². The van der Waals surface area contributed by atoms with Gasteiger partial charge in [0.2, 0.25) is 10.0 Å². The summed E-state index contributed by atoms with van der Waals surface area (Å²) >= 11 is 0. The number of aliphatic hydroxyl groups is 1. The van der Waals surface area contributed by atoms with Crippen molar-refractivity contribution < 1.29 is 13.5 Å². The molecule has 0 aliphatic carbocycles. The summed E-state index contributed by atoms with van der Waals surface area (Å²) in [5, 5.41) is 10.1. The van der Waals surface area contributed by atoms with Gasteiger partial charge in [-0.2, -0.15) is 0 Å². The first kappa shape index (κ1) is 16.9. The normalized spacial score (nSPS) is 15.2. The quantitative estimate of drug-likeness (QED) is 0.665. The summed E-state index contributed by atoms with van der Waals surface area (Å²) in [5.74, 6) is 0.152. The summed E-state index contributed by atoms with van der Waals surface area (Å²) in [6, 6.07) is 6.76. The minimum atomic E-state index is -3.49. The van der Waals surface area contributed by atoms with Gasteiger partial charge in [0.15, 0.2) is 0 Å². The molecule has 0 fully saturated rings. The van der Waals surface area contributed by atoms with Crippen molar-refractivity contribution in [1.82, 2.24) is 4.72 Å². The van der Waals surface area contributed by atoms with Crippen molar-refractivity contribution in [1.29, 1.82) is 0 Å². The van der Waals surface area contributed by atoms with Crippen molar-refractivity contribution in [2.24, 2.45) is 5.92 Å². The highest BCUT2D eigenvalue weighted by atomic mass is 32.2. The fourth-order valence-electron chi connectivity index (χ4n) is 2.17. The molecule has 0 aromatic heterocycles. The molecule has 5 nitrogen and oxygen atoms in total. The first-order chi connectivity index (χ1) is 9.10. The molecule has 0 aliphatic rings. The molecule has 20 heavy (non-hydrogen) atoms. The molecule has 1 aromatic rings. The molecule has 0 spiro atoms. The van der Waals surface area contributed by atoms with E-state index >= 15 is 0 Å². The van der Waals surface area contributed by atoms with Gasteiger partial charge in [-0.05, 0) is 37.0 Å². The second kappa shape index (κ2) is 6.56. The number of nitrogen functional groups attached to an aromatic ring is 1. The minimum absolute atomic E-state index is 0.00975. The van der Waals surface area contributed by atoms with Gasteiger partial charge in [-0.3, -0.25) is 0 Å². The number of nitrogens with two attached hydrogens (primary N) is 1. The van der Waals surface area contributed by atoms with E-state index in [1.54, 1.807) is 31.2 Å². The molecular weight excluding hydrogens is 276 g/mol. The lowest BCUT2D eigenvalue weighted by Gasteiger charge is -2.25. The van der Waals surface area contributed by atoms with E-state index in [0.717, 1.165) is 0 Å². The predicted octanol–water partition coefficient (Wildman–Crippen LogP) is 1.49. The van der Waals surface area contributed by atoms with Crippen LogP contribution in [0.1, 0.15) is 32.8 Å². The second-order valence-electron chi connectivity index (χ2n) is 5.92. The number of hydrogen-bond donors (Lipinski definition) is 3. The Labute approximate surface area is 121 Å². The van der Waals surface area contributed by atoms with Gasteiger partial charge in [-0.15, -0.1) is 0 Å². The van der Waals surface area contributed by atoms with Crippen LogP contribution < -0.4 is 10.5 Å². The summed E-state index contributed by atoms with van der Waals surface area (Å²) in [4.78, 5) is 0. The molecule has 6 heteroatoms. The number of nitrogens with one attached hydrogen (secondary N) is 1. The summed E-state index contributed by atoms with van der Waals surface area (Å²) in [6.45, 7) is 5.61. The number of rotatable bonds is 7. The minimum Gasteiger partial charge on any atom is -0.399 e. The predicted molar refractivity (Wildman–Crippen MR) is 81.6 cm³/mol. The van der Waals surface area contributed by atoms with Crippen molar-refractivity contribution in [2.75, 3.05) is 12.3 Å². The maximum atomic E-state index is 12.0. The van der Waals surface area contributed by atoms with Crippen LogP contribution in [0.5, 0.6) is 0 Å². The molecule has 0 heterocycles. The first-order valence-corrected chi connectivity index (χ1v) is 8.29. The first-order valence-electron chi connectivity index (χ1n) is 6.64. The van der Waals surface area contributed by atoms with Crippen LogP contribution in [-0.2, 0) is 15.8 Å². The van der Waals surface area contributed by atoms with E-state index in [9.17, 15) is 13.5 Å². The summed E-state index contributed by atoms with van der Waals surface area (Å²) in [5.41, 5.74) is 5.73. The molecule has 0 aliphatic heterocycles. The van der Waals surface area contributed by atoms with E-state index in [1.807, 2.05) is 13.8 Å². The standard InChI is InChI=1S/C14H24N2O3S/c1-11(2)8-14(3,17)10-16-20(18,19)9-12-5-4-6-13(15)7-12/h4-7,11,16-17H,8-10,15H2,1-3H3. The summed E-state index contributed by atoms with van der Waals surface area (Å²) in [7, 11) is -3.49. The Balaban J connectivity index is 2.62. The van der Waals surface area contributed by atoms with Gasteiger partial charge < -0.3 is 10.8 Å². The van der Waals surface area contributed by atoms with E-state index < -0.39 is 15.6 Å². The van der Waals surface area contributed by atoms with Crippen LogP contribution in [0.25, 0.3) is 0 Å². The van der Waals surface area contributed by atoms with Crippen molar-refractivity contribution >= 4 is 15.7 Å². The fraction of sp³-hybridized carbons (Fsp3) is 0.571. The third kappa shape index (κ3) is 6.36. The van der Waals surface area contributed by atoms with E-state index in [2.05, 4.69) is 4.72 Å². The Morgan fingerprint density at radius 2 is 2.05 bits per heavy atom. The fourth-order valence-corrected chi connectivity index (χ4v) is 3.42. The summed E-state index contributed by atoms with van der Waals surface area (Å²) in [6.07, 6.45) is 0.536. The van der Waals surface area contributed by atoms with E-state index in [1.165, 1.54) is 0 Å². The largest absolute Gasteiger partial charge is 0.399 e. The lowest BCUT2D eigenvalue weighted by atomic mass is 9.95. The molecule has 0 saturated heterocycles. The topological polar surface area (TPSA) is 92.4 Å². The van der Waals surface area contributed by atoms with Crippen molar-refractivity contribution in [2.45, 2.75) is 38.5 Å². The van der Waals surface area contributed by atoms with Gasteiger partial charge in [0.25, 0.3) is 0 Å². The Morgan fingerprint density at radius 1 is 1.40 bits per heavy atom. The molecule has 1 rings (SSSR count). The Morgan fingerprint density at radius 3 is 2.60 bits per heavy atom. The number of benzene rings is 1. The van der Waals surface area contributed by atoms with Crippen molar-refractivity contribution in [3.8, 4) is 0 Å². The second-order valence-corrected chi connectivity index (χ2v) is 7.73. The lowest BCUT2D eigenvalue weighted by molar-refractivity contribution is 0.0436. The van der Waals surface area contributed by atoms with Crippen LogP contribution >= 0.6 is 0 Å². The average molecular weight is 300 g/mol. The Kier molecular flexibility index (Phi) is 5.56. The highest BCUT2D eigenvalue weighted by molar-refractivity contribution is 7.88. The maximum Gasteiger partial charge on any atom is 0.215 e. The third-order valence-electron chi connectivity index (χ3n) is 2.83. The van der Waals surface area contributed by atoms with Gasteiger partial charge in [-0.1, -0.05) is 26.0 Å². The van der Waals surface area contributed by atoms with Gasteiger partial charge in [0.05, 0.1) is 11.4 Å². The zero-order valence-corrected chi connectivity index (χ0v) is 13.1. The van der Waals surface area contributed by atoms with Gasteiger partial charge in [0.1, 0.15) is 0 Å². The number of anilines is 1. The summed E-state index contributed by atoms with van der Waals surface area (Å²) < 4.78 is 26.4. The molecule has 4 N–H and O–H groups in total. The maximum absolute atomic E-state index is 12.0. The van der Waals surface area contributed by atoms with Crippen LogP contribution in [0, 0.1) is 5.92 Å². The highest BCUT2D eigenvalue weighted by Gasteiger charge is 2.24. The molecule has 0 bridgehead atoms. The van der Waals surface area contributed by atoms with Gasteiger partial charge in [0, 0.05) is 12.2 Å². The third-order valence-corrected chi connectivity index (χ3v) is 4.13. The molecule has 0 saturated carbocycles. The Bertz CT molecular complexity index is 539. The Hall–Kier alpha value is -1.11. The lowest BCUT2D eigenvalue weighted by Crippen LogP contribution is -2.41. The van der Waals surface area contributed by atoms with Crippen LogP contribution in [0.2, 0.25) is 0 Å². The van der Waals surface area contributed by atoms with E-state index in [4.69, 9.17) is 5.73 Å². The molecule has 1 atom stereocenters. The molecule has 1 unspecified atom stereocenters. The van der Waals surface area contributed by atoms with Crippen molar-refractivity contribution in [3.63, 3.8) is 0 Å². The number of sulfonamides is 1. The molecule has 0 amide bonds. The van der Waals surface area contributed by atoms with Crippen LogP contribution in [0.4, 0.5) is 5.69 Å². The zero-order chi connectivity index (χ0) is 15.4. The molecule has 114 valence electrons. The average Bonchev–Trinajstić information content (AvgIpc) is 2.24. The molecule has 1 aromatic carbocycles. The van der Waals surface area contributed by atoms with E-state index in [-0.39, 0.29) is 12.3 Å². The SMILES string of the molecule is CC(C)CC(C)(O)CNS(=O)(=O)Cc1cccc(N)c1.